The van der Waals surface area contributed by atoms with E-state index >= 15 is 0 Å². The molecule has 8 bridgehead atoms. The Morgan fingerprint density at radius 1 is 0.581 bits per heavy atom. The Morgan fingerprint density at radius 3 is 1.94 bits per heavy atom. The van der Waals surface area contributed by atoms with Gasteiger partial charge in [-0.15, -0.1) is 0 Å². The van der Waals surface area contributed by atoms with Crippen molar-refractivity contribution in [2.75, 3.05) is 0 Å². The Bertz CT molecular complexity index is 1510. The van der Waals surface area contributed by atoms with Gasteiger partial charge in [0.15, 0.2) is 5.75 Å². The zero-order valence-corrected chi connectivity index (χ0v) is 16.5. The number of nitrogens with zero attached hydrogens (tertiary/aromatic N) is 2. The molecule has 5 heterocycles. The van der Waals surface area contributed by atoms with Crippen LogP contribution in [0.15, 0.2) is 72.8 Å². The molecular weight excluding hydrogens is 384 g/mol. The van der Waals surface area contributed by atoms with E-state index in [-0.39, 0.29) is 0 Å². The fraction of sp³-hybridized carbons (Fsp3) is 0. The van der Waals surface area contributed by atoms with E-state index in [1.807, 2.05) is 97.1 Å². The van der Waals surface area contributed by atoms with Crippen LogP contribution in [0.1, 0.15) is 22.8 Å². The van der Waals surface area contributed by atoms with Crippen LogP contribution < -0.4 is 4.74 Å². The number of aromatic nitrogens is 4. The quantitative estimate of drug-likeness (QED) is 0.350. The van der Waals surface area contributed by atoms with Gasteiger partial charge in [-0.2, -0.15) is 0 Å². The van der Waals surface area contributed by atoms with E-state index in [0.717, 1.165) is 50.6 Å². The second-order valence-electron chi connectivity index (χ2n) is 7.42. The Labute approximate surface area is 178 Å². The van der Waals surface area contributed by atoms with Crippen molar-refractivity contribution in [1.29, 1.82) is 0 Å². The van der Waals surface area contributed by atoms with Gasteiger partial charge in [-0.05, 0) is 78.9 Å². The predicted molar refractivity (Wildman–Crippen MR) is 125 cm³/mol. The van der Waals surface area contributed by atoms with Gasteiger partial charge >= 0.3 is 0 Å². The molecule has 6 rings (SSSR count). The van der Waals surface area contributed by atoms with Crippen molar-refractivity contribution in [2.24, 2.45) is 0 Å². The minimum atomic E-state index is 0.675. The second-order valence-corrected chi connectivity index (χ2v) is 7.42. The molecule has 1 aromatic carbocycles. The summed E-state index contributed by atoms with van der Waals surface area (Å²) in [7, 11) is 0. The van der Waals surface area contributed by atoms with Crippen molar-refractivity contribution in [3.63, 3.8) is 0 Å². The Kier molecular flexibility index (Phi) is 4.03. The molecule has 0 atom stereocenters. The van der Waals surface area contributed by atoms with Gasteiger partial charge in [-0.1, -0.05) is 18.2 Å². The molecular formula is C26H18N4O. The number of hydrogen-bond acceptors (Lipinski definition) is 3. The molecule has 0 spiro atoms. The lowest BCUT2D eigenvalue weighted by molar-refractivity contribution is 0.484. The third-order valence-corrected chi connectivity index (χ3v) is 5.13. The first-order valence-corrected chi connectivity index (χ1v) is 10.1. The zero-order chi connectivity index (χ0) is 20.6. The lowest BCUT2D eigenvalue weighted by Crippen LogP contribution is -1.88. The normalized spacial score (nSPS) is 12.3. The van der Waals surface area contributed by atoms with E-state index in [1.165, 1.54) is 0 Å². The number of aromatic amines is 2. The molecule has 31 heavy (non-hydrogen) atoms. The van der Waals surface area contributed by atoms with Crippen LogP contribution in [0.5, 0.6) is 11.5 Å². The Balaban J connectivity index is 1.64. The third kappa shape index (κ3) is 3.53. The van der Waals surface area contributed by atoms with E-state index in [4.69, 9.17) is 14.7 Å². The van der Waals surface area contributed by atoms with Crippen LogP contribution in [0.25, 0.3) is 46.4 Å². The monoisotopic (exact) mass is 402 g/mol. The van der Waals surface area contributed by atoms with Gasteiger partial charge in [-0.3, -0.25) is 0 Å². The molecule has 0 radical (unpaired) electrons. The average molecular weight is 402 g/mol. The maximum atomic E-state index is 6.28. The van der Waals surface area contributed by atoms with Crippen LogP contribution in [0, 0.1) is 0 Å². The van der Waals surface area contributed by atoms with Crippen LogP contribution in [0.4, 0.5) is 0 Å². The van der Waals surface area contributed by atoms with Gasteiger partial charge in [0, 0.05) is 16.6 Å². The first-order valence-electron chi connectivity index (χ1n) is 10.1. The van der Waals surface area contributed by atoms with Crippen molar-refractivity contribution >= 4 is 46.4 Å². The largest absolute Gasteiger partial charge is 0.453 e. The van der Waals surface area contributed by atoms with Crippen LogP contribution in [-0.4, -0.2) is 19.9 Å². The summed E-state index contributed by atoms with van der Waals surface area (Å²) in [4.78, 5) is 16.3. The van der Waals surface area contributed by atoms with E-state index in [1.54, 1.807) is 0 Å². The Morgan fingerprint density at radius 2 is 1.19 bits per heavy atom. The summed E-state index contributed by atoms with van der Waals surface area (Å²) < 4.78 is 6.28. The zero-order valence-electron chi connectivity index (χ0n) is 16.5. The summed E-state index contributed by atoms with van der Waals surface area (Å²) in [5.74, 6) is 1.43. The molecule has 0 aliphatic carbocycles. The average Bonchev–Trinajstić information content (AvgIpc) is 3.57. The van der Waals surface area contributed by atoms with E-state index in [0.29, 0.717) is 5.75 Å². The fourth-order valence-corrected chi connectivity index (χ4v) is 3.70. The molecule has 0 saturated carbocycles. The standard InChI is InChI=1S/C26H18N4O/c1-2-4-23(5-3-1)31-26-24-12-10-21(29-24)15-19-8-6-17(27-19)14-18-7-9-20(28-18)16-22-11-13-25(26)30-22/h1-16,27,30H. The van der Waals surface area contributed by atoms with E-state index in [2.05, 4.69) is 9.97 Å². The summed E-state index contributed by atoms with van der Waals surface area (Å²) in [6, 6.07) is 23.9. The highest BCUT2D eigenvalue weighted by molar-refractivity contribution is 5.81. The molecule has 0 unspecified atom stereocenters. The van der Waals surface area contributed by atoms with Crippen LogP contribution in [0.2, 0.25) is 0 Å². The number of fused-ring (bicyclic) bond motifs is 8. The van der Waals surface area contributed by atoms with Crippen molar-refractivity contribution in [2.45, 2.75) is 0 Å². The summed E-state index contributed by atoms with van der Waals surface area (Å²) in [5.41, 5.74) is 7.20. The highest BCUT2D eigenvalue weighted by Gasteiger charge is 2.11. The first kappa shape index (κ1) is 17.5. The summed E-state index contributed by atoms with van der Waals surface area (Å²) in [6.45, 7) is 0. The molecule has 0 saturated heterocycles. The number of rotatable bonds is 2. The predicted octanol–water partition coefficient (Wildman–Crippen LogP) is 6.45. The number of ether oxygens (including phenoxy) is 1. The highest BCUT2D eigenvalue weighted by Crippen LogP contribution is 2.31. The maximum absolute atomic E-state index is 6.28. The fourth-order valence-electron chi connectivity index (χ4n) is 3.70. The summed E-state index contributed by atoms with van der Waals surface area (Å²) in [5, 5.41) is 0. The summed E-state index contributed by atoms with van der Waals surface area (Å²) in [6.07, 6.45) is 7.99. The number of nitrogens with one attached hydrogen (secondary N) is 2. The van der Waals surface area contributed by atoms with Gasteiger partial charge in [0.05, 0.1) is 22.6 Å². The molecule has 5 heteroatoms. The summed E-state index contributed by atoms with van der Waals surface area (Å²) >= 11 is 0. The Hall–Kier alpha value is -4.38. The lowest BCUT2D eigenvalue weighted by atomic mass is 10.3. The molecule has 5 nitrogen and oxygen atoms in total. The number of hydrogen-bond donors (Lipinski definition) is 2. The van der Waals surface area contributed by atoms with E-state index < -0.39 is 0 Å². The first-order chi connectivity index (χ1) is 15.3. The maximum Gasteiger partial charge on any atom is 0.176 e. The van der Waals surface area contributed by atoms with Gasteiger partial charge in [0.25, 0.3) is 0 Å². The SMILES string of the molecule is C1=Cc2cc3ccc([nH]3)c(Oc3ccccc3)c3nc(cc4ccc(cc1n2)[nH]4)C=C3. The topological polar surface area (TPSA) is 66.6 Å². The molecule has 4 aromatic rings. The van der Waals surface area contributed by atoms with E-state index in [9.17, 15) is 0 Å². The van der Waals surface area contributed by atoms with Gasteiger partial charge < -0.3 is 14.7 Å². The van der Waals surface area contributed by atoms with Crippen LogP contribution in [0.3, 0.4) is 0 Å². The van der Waals surface area contributed by atoms with Crippen molar-refractivity contribution in [3.05, 3.63) is 95.6 Å². The number of benzene rings is 1. The molecule has 0 amide bonds. The van der Waals surface area contributed by atoms with Gasteiger partial charge in [0.1, 0.15) is 11.4 Å². The smallest absolute Gasteiger partial charge is 0.176 e. The van der Waals surface area contributed by atoms with Crippen molar-refractivity contribution in [3.8, 4) is 11.5 Å². The molecule has 2 aliphatic rings. The number of para-hydroxylation sites is 1. The minimum absolute atomic E-state index is 0.675. The van der Waals surface area contributed by atoms with Crippen molar-refractivity contribution < 1.29 is 4.74 Å². The second kappa shape index (κ2) is 7.15. The third-order valence-electron chi connectivity index (χ3n) is 5.13. The molecule has 148 valence electrons. The highest BCUT2D eigenvalue weighted by atomic mass is 16.5. The number of H-pyrrole nitrogens is 2. The molecule has 2 aliphatic heterocycles. The molecule has 2 N–H and O–H groups in total. The molecule has 0 fully saturated rings. The molecule has 3 aromatic heterocycles. The lowest BCUT2D eigenvalue weighted by Gasteiger charge is -2.06. The van der Waals surface area contributed by atoms with Gasteiger partial charge in [0.2, 0.25) is 0 Å². The van der Waals surface area contributed by atoms with Crippen LogP contribution >= 0.6 is 0 Å². The minimum Gasteiger partial charge on any atom is -0.453 e. The van der Waals surface area contributed by atoms with Crippen LogP contribution in [-0.2, 0) is 0 Å². The van der Waals surface area contributed by atoms with Crippen molar-refractivity contribution in [1.82, 2.24) is 19.9 Å². The van der Waals surface area contributed by atoms with Gasteiger partial charge in [-0.25, -0.2) is 9.97 Å².